The minimum atomic E-state index is -0.0142. The fourth-order valence-electron chi connectivity index (χ4n) is 2.74. The third-order valence-corrected chi connectivity index (χ3v) is 3.66. The Morgan fingerprint density at radius 3 is 2.95 bits per heavy atom. The second-order valence-electron chi connectivity index (χ2n) is 5.15. The molecule has 0 unspecified atom stereocenters. The van der Waals surface area contributed by atoms with Crippen molar-refractivity contribution < 1.29 is 9.59 Å². The molecule has 1 amide bonds. The molecule has 1 aliphatic heterocycles. The van der Waals surface area contributed by atoms with E-state index in [9.17, 15) is 9.59 Å². The number of aromatic amines is 1. The van der Waals surface area contributed by atoms with Crippen molar-refractivity contribution in [2.75, 3.05) is 26.2 Å². The second kappa shape index (κ2) is 5.09. The van der Waals surface area contributed by atoms with Crippen LogP contribution >= 0.6 is 0 Å². The van der Waals surface area contributed by atoms with Crippen molar-refractivity contribution in [2.24, 2.45) is 0 Å². The van der Waals surface area contributed by atoms with Crippen LogP contribution in [0.25, 0.3) is 10.9 Å². The molecule has 0 radical (unpaired) electrons. The molecule has 0 spiro atoms. The van der Waals surface area contributed by atoms with Gasteiger partial charge in [-0.25, -0.2) is 0 Å². The number of aromatic nitrogens is 1. The van der Waals surface area contributed by atoms with E-state index in [1.165, 1.54) is 0 Å². The molecule has 1 aromatic heterocycles. The Morgan fingerprint density at radius 2 is 2.15 bits per heavy atom. The van der Waals surface area contributed by atoms with Gasteiger partial charge >= 0.3 is 0 Å². The highest BCUT2D eigenvalue weighted by Crippen LogP contribution is 2.22. The summed E-state index contributed by atoms with van der Waals surface area (Å²) in [6.45, 7) is 3.83. The molecule has 0 saturated carbocycles. The van der Waals surface area contributed by atoms with Crippen LogP contribution in [0, 0.1) is 6.92 Å². The number of nitrogens with zero attached hydrogens (tertiary/aromatic N) is 1. The van der Waals surface area contributed by atoms with E-state index in [1.807, 2.05) is 36.1 Å². The number of hydrogen-bond donors (Lipinski definition) is 2. The normalized spacial score (nSPS) is 16.4. The first kappa shape index (κ1) is 12.9. The fraction of sp³-hybridized carbons (Fsp3) is 0.333. The Bertz CT molecular complexity index is 675. The average Bonchev–Trinajstić information content (AvgIpc) is 2.74. The first-order chi connectivity index (χ1) is 9.65. The van der Waals surface area contributed by atoms with Crippen molar-refractivity contribution in [3.05, 3.63) is 35.5 Å². The summed E-state index contributed by atoms with van der Waals surface area (Å²) < 4.78 is 0. The highest BCUT2D eigenvalue weighted by atomic mass is 16.2. The SMILES string of the molecule is Cc1[nH]c2ccccc2c1C(=O)CN1CCNC(=O)C1. The van der Waals surface area contributed by atoms with Gasteiger partial charge in [-0.15, -0.1) is 0 Å². The Kier molecular flexibility index (Phi) is 3.28. The summed E-state index contributed by atoms with van der Waals surface area (Å²) in [5.74, 6) is 0.0503. The third-order valence-electron chi connectivity index (χ3n) is 3.66. The summed E-state index contributed by atoms with van der Waals surface area (Å²) in [4.78, 5) is 29.0. The number of amides is 1. The molecular weight excluding hydrogens is 254 g/mol. The maximum absolute atomic E-state index is 12.5. The van der Waals surface area contributed by atoms with E-state index in [0.29, 0.717) is 13.1 Å². The number of nitrogens with one attached hydrogen (secondary N) is 2. The zero-order valence-electron chi connectivity index (χ0n) is 11.4. The molecular formula is C15H17N3O2. The van der Waals surface area contributed by atoms with E-state index in [4.69, 9.17) is 0 Å². The minimum absolute atomic E-state index is 0.0142. The molecule has 5 heteroatoms. The van der Waals surface area contributed by atoms with Crippen LogP contribution in [0.2, 0.25) is 0 Å². The molecule has 104 valence electrons. The zero-order chi connectivity index (χ0) is 14.1. The topological polar surface area (TPSA) is 65.2 Å². The van der Waals surface area contributed by atoms with Crippen molar-refractivity contribution in [2.45, 2.75) is 6.92 Å². The monoisotopic (exact) mass is 271 g/mol. The summed E-state index contributed by atoms with van der Waals surface area (Å²) in [6.07, 6.45) is 0. The third kappa shape index (κ3) is 2.32. The lowest BCUT2D eigenvalue weighted by Gasteiger charge is -2.25. The van der Waals surface area contributed by atoms with Crippen LogP contribution in [0.5, 0.6) is 0 Å². The number of ketones is 1. The Labute approximate surface area is 117 Å². The van der Waals surface area contributed by atoms with Gasteiger partial charge in [0.1, 0.15) is 0 Å². The summed E-state index contributed by atoms with van der Waals surface area (Å²) in [6, 6.07) is 7.80. The second-order valence-corrected chi connectivity index (χ2v) is 5.15. The summed E-state index contributed by atoms with van der Waals surface area (Å²) in [5.41, 5.74) is 2.61. The number of para-hydroxylation sites is 1. The highest BCUT2D eigenvalue weighted by Gasteiger charge is 2.22. The Hall–Kier alpha value is -2.14. The molecule has 20 heavy (non-hydrogen) atoms. The van der Waals surface area contributed by atoms with Crippen molar-refractivity contribution in [3.8, 4) is 0 Å². The van der Waals surface area contributed by atoms with E-state index >= 15 is 0 Å². The van der Waals surface area contributed by atoms with Gasteiger partial charge in [0, 0.05) is 35.2 Å². The predicted octanol–water partition coefficient (Wildman–Crippen LogP) is 1.09. The van der Waals surface area contributed by atoms with Gasteiger partial charge < -0.3 is 10.3 Å². The number of carbonyl (C=O) groups excluding carboxylic acids is 2. The van der Waals surface area contributed by atoms with Crippen LogP contribution in [0.1, 0.15) is 16.1 Å². The average molecular weight is 271 g/mol. The molecule has 0 bridgehead atoms. The van der Waals surface area contributed by atoms with Crippen LogP contribution in [0.4, 0.5) is 0 Å². The number of fused-ring (bicyclic) bond motifs is 1. The van der Waals surface area contributed by atoms with Crippen molar-refractivity contribution in [3.63, 3.8) is 0 Å². The number of carbonyl (C=O) groups is 2. The van der Waals surface area contributed by atoms with Crippen LogP contribution in [0.15, 0.2) is 24.3 Å². The molecule has 2 aromatic rings. The molecule has 0 atom stereocenters. The van der Waals surface area contributed by atoms with Crippen LogP contribution in [0.3, 0.4) is 0 Å². The number of aryl methyl sites for hydroxylation is 1. The standard InChI is InChI=1S/C15H17N3O2/c1-10-15(11-4-2-3-5-12(11)17-10)13(19)8-18-7-6-16-14(20)9-18/h2-5,17H,6-9H2,1H3,(H,16,20). The van der Waals surface area contributed by atoms with Gasteiger partial charge in [0.2, 0.25) is 5.91 Å². The zero-order valence-corrected chi connectivity index (χ0v) is 11.4. The first-order valence-electron chi connectivity index (χ1n) is 6.74. The van der Waals surface area contributed by atoms with E-state index in [-0.39, 0.29) is 18.2 Å². The van der Waals surface area contributed by atoms with Crippen LogP contribution in [-0.4, -0.2) is 47.8 Å². The van der Waals surface area contributed by atoms with Gasteiger partial charge in [-0.3, -0.25) is 14.5 Å². The van der Waals surface area contributed by atoms with Crippen LogP contribution in [-0.2, 0) is 4.79 Å². The molecule has 3 rings (SSSR count). The minimum Gasteiger partial charge on any atom is -0.358 e. The molecule has 1 saturated heterocycles. The van der Waals surface area contributed by atoms with Gasteiger partial charge in [0.25, 0.3) is 0 Å². The van der Waals surface area contributed by atoms with Crippen LogP contribution < -0.4 is 5.32 Å². The largest absolute Gasteiger partial charge is 0.358 e. The quantitative estimate of drug-likeness (QED) is 0.821. The number of Topliss-reactive ketones (excluding diaryl/α,β-unsaturated/α-hetero) is 1. The summed E-state index contributed by atoms with van der Waals surface area (Å²) in [5, 5.41) is 3.72. The first-order valence-corrected chi connectivity index (χ1v) is 6.74. The van der Waals surface area contributed by atoms with Crippen molar-refractivity contribution >= 4 is 22.6 Å². The number of H-pyrrole nitrogens is 1. The number of rotatable bonds is 3. The van der Waals surface area contributed by atoms with Gasteiger partial charge in [-0.1, -0.05) is 18.2 Å². The maximum Gasteiger partial charge on any atom is 0.234 e. The molecule has 5 nitrogen and oxygen atoms in total. The van der Waals surface area contributed by atoms with E-state index in [2.05, 4.69) is 10.3 Å². The van der Waals surface area contributed by atoms with Crippen molar-refractivity contribution in [1.82, 2.24) is 15.2 Å². The molecule has 1 aromatic carbocycles. The molecule has 2 heterocycles. The van der Waals surface area contributed by atoms with Gasteiger partial charge in [-0.2, -0.15) is 0 Å². The molecule has 1 fully saturated rings. The van der Waals surface area contributed by atoms with Gasteiger partial charge in [0.15, 0.2) is 5.78 Å². The van der Waals surface area contributed by atoms with Gasteiger partial charge in [0.05, 0.1) is 13.1 Å². The maximum atomic E-state index is 12.5. The molecule has 1 aliphatic rings. The lowest BCUT2D eigenvalue weighted by atomic mass is 10.1. The predicted molar refractivity (Wildman–Crippen MR) is 76.8 cm³/mol. The summed E-state index contributed by atoms with van der Waals surface area (Å²) >= 11 is 0. The lowest BCUT2D eigenvalue weighted by molar-refractivity contribution is -0.123. The molecule has 2 N–H and O–H groups in total. The highest BCUT2D eigenvalue weighted by molar-refractivity contribution is 6.10. The Morgan fingerprint density at radius 1 is 1.35 bits per heavy atom. The smallest absolute Gasteiger partial charge is 0.234 e. The lowest BCUT2D eigenvalue weighted by Crippen LogP contribution is -2.49. The van der Waals surface area contributed by atoms with E-state index in [0.717, 1.165) is 28.7 Å². The fourth-order valence-corrected chi connectivity index (χ4v) is 2.74. The number of piperazine rings is 1. The Balaban J connectivity index is 1.85. The number of benzene rings is 1. The summed E-state index contributed by atoms with van der Waals surface area (Å²) in [7, 11) is 0. The van der Waals surface area contributed by atoms with Gasteiger partial charge in [-0.05, 0) is 13.0 Å². The van der Waals surface area contributed by atoms with E-state index in [1.54, 1.807) is 0 Å². The van der Waals surface area contributed by atoms with E-state index < -0.39 is 0 Å². The number of hydrogen-bond acceptors (Lipinski definition) is 3. The molecule has 0 aliphatic carbocycles. The van der Waals surface area contributed by atoms with Crippen molar-refractivity contribution in [1.29, 1.82) is 0 Å².